The van der Waals surface area contributed by atoms with Crippen LogP contribution in [0.4, 0.5) is 13.2 Å². The van der Waals surface area contributed by atoms with Crippen molar-refractivity contribution in [3.05, 3.63) is 34.3 Å². The fourth-order valence-corrected chi connectivity index (χ4v) is 2.98. The molecule has 0 saturated heterocycles. The third-order valence-corrected chi connectivity index (χ3v) is 4.48. The highest BCUT2D eigenvalue weighted by Gasteiger charge is 2.39. The van der Waals surface area contributed by atoms with E-state index in [9.17, 15) is 23.2 Å². The number of halogens is 3. The molecule has 5 nitrogen and oxygen atoms in total. The highest BCUT2D eigenvalue weighted by Crippen LogP contribution is 2.38. The van der Waals surface area contributed by atoms with E-state index in [-0.39, 0.29) is 16.1 Å². The van der Waals surface area contributed by atoms with Crippen LogP contribution >= 0.6 is 11.3 Å². The first-order chi connectivity index (χ1) is 12.1. The fourth-order valence-electron chi connectivity index (χ4n) is 2.06. The fraction of sp³-hybridized carbons (Fsp3) is 0.353. The number of thiazole rings is 1. The van der Waals surface area contributed by atoms with Crippen LogP contribution < -0.4 is 4.74 Å². The molecule has 0 spiro atoms. The molecule has 0 saturated carbocycles. The standard InChI is InChI=1S/C17H15F3N2O3S/c1-9(2)5-6-25-12-4-3-10(7-11(12)8-21)15-22-14(17(18,19)20)13(26-15)16(23)24/h3-4,7,9H,5-6H2,1-2H3,(H,23,24). The molecule has 2 rings (SSSR count). The second-order valence-electron chi connectivity index (χ2n) is 5.85. The Kier molecular flexibility index (Phi) is 5.87. The molecule has 1 N–H and O–H groups in total. The summed E-state index contributed by atoms with van der Waals surface area (Å²) < 4.78 is 44.4. The van der Waals surface area contributed by atoms with Gasteiger partial charge in [0.15, 0.2) is 5.69 Å². The Bertz CT molecular complexity index is 854. The Hall–Kier alpha value is -2.60. The summed E-state index contributed by atoms with van der Waals surface area (Å²) in [5.41, 5.74) is -1.08. The average molecular weight is 384 g/mol. The number of ether oxygens (including phenoxy) is 1. The average Bonchev–Trinajstić information content (AvgIpc) is 3.00. The van der Waals surface area contributed by atoms with Crippen LogP contribution in [-0.4, -0.2) is 22.7 Å². The number of hydrogen-bond acceptors (Lipinski definition) is 5. The van der Waals surface area contributed by atoms with Gasteiger partial charge in [-0.15, -0.1) is 11.3 Å². The predicted molar refractivity (Wildman–Crippen MR) is 89.2 cm³/mol. The molecule has 0 aliphatic heterocycles. The molecule has 0 radical (unpaired) electrons. The maximum Gasteiger partial charge on any atom is 0.435 e. The molecule has 0 bridgehead atoms. The van der Waals surface area contributed by atoms with Crippen LogP contribution in [0.25, 0.3) is 10.6 Å². The van der Waals surface area contributed by atoms with Gasteiger partial charge >= 0.3 is 12.1 Å². The lowest BCUT2D eigenvalue weighted by atomic mass is 10.1. The minimum absolute atomic E-state index is 0.125. The van der Waals surface area contributed by atoms with Crippen LogP contribution in [-0.2, 0) is 6.18 Å². The first-order valence-corrected chi connectivity index (χ1v) is 8.43. The maximum atomic E-state index is 13.0. The first-order valence-electron chi connectivity index (χ1n) is 7.62. The van der Waals surface area contributed by atoms with Gasteiger partial charge in [-0.25, -0.2) is 9.78 Å². The number of aromatic carboxylic acids is 1. The topological polar surface area (TPSA) is 83.2 Å². The van der Waals surface area contributed by atoms with Gasteiger partial charge in [0.25, 0.3) is 0 Å². The lowest BCUT2D eigenvalue weighted by Gasteiger charge is -2.10. The molecule has 0 amide bonds. The lowest BCUT2D eigenvalue weighted by Crippen LogP contribution is -2.11. The number of alkyl halides is 3. The first kappa shape index (κ1) is 19.7. The Morgan fingerprint density at radius 3 is 2.62 bits per heavy atom. The summed E-state index contributed by atoms with van der Waals surface area (Å²) >= 11 is 0.414. The van der Waals surface area contributed by atoms with Crippen molar-refractivity contribution < 1.29 is 27.8 Å². The monoisotopic (exact) mass is 384 g/mol. The number of carbonyl (C=O) groups is 1. The van der Waals surface area contributed by atoms with Crippen molar-refractivity contribution in [3.8, 4) is 22.4 Å². The molecule has 0 fully saturated rings. The van der Waals surface area contributed by atoms with E-state index in [0.29, 0.717) is 29.6 Å². The van der Waals surface area contributed by atoms with Gasteiger partial charge in [-0.3, -0.25) is 0 Å². The van der Waals surface area contributed by atoms with Crippen molar-refractivity contribution in [2.45, 2.75) is 26.4 Å². The van der Waals surface area contributed by atoms with Gasteiger partial charge in [0, 0.05) is 5.56 Å². The molecular formula is C17H15F3N2O3S. The number of aromatic nitrogens is 1. The van der Waals surface area contributed by atoms with Crippen LogP contribution in [0.2, 0.25) is 0 Å². The van der Waals surface area contributed by atoms with E-state index in [4.69, 9.17) is 9.84 Å². The van der Waals surface area contributed by atoms with Crippen LogP contribution in [0.5, 0.6) is 5.75 Å². The van der Waals surface area contributed by atoms with Crippen molar-refractivity contribution in [1.29, 1.82) is 5.26 Å². The Morgan fingerprint density at radius 1 is 1.42 bits per heavy atom. The summed E-state index contributed by atoms with van der Waals surface area (Å²) in [7, 11) is 0. The smallest absolute Gasteiger partial charge is 0.435 e. The molecule has 2 aromatic rings. The molecule has 138 valence electrons. The highest BCUT2D eigenvalue weighted by atomic mass is 32.1. The van der Waals surface area contributed by atoms with Crippen LogP contribution in [0.15, 0.2) is 18.2 Å². The molecule has 0 atom stereocenters. The number of benzene rings is 1. The van der Waals surface area contributed by atoms with Gasteiger partial charge in [-0.1, -0.05) is 13.8 Å². The zero-order valence-electron chi connectivity index (χ0n) is 13.9. The molecule has 0 aliphatic carbocycles. The lowest BCUT2D eigenvalue weighted by molar-refractivity contribution is -0.141. The zero-order chi connectivity index (χ0) is 19.5. The second-order valence-corrected chi connectivity index (χ2v) is 6.85. The molecule has 26 heavy (non-hydrogen) atoms. The summed E-state index contributed by atoms with van der Waals surface area (Å²) in [5.74, 6) is -0.955. The van der Waals surface area contributed by atoms with Crippen molar-refractivity contribution in [2.75, 3.05) is 6.61 Å². The molecule has 0 aliphatic rings. The van der Waals surface area contributed by atoms with Crippen LogP contribution in [0.1, 0.15) is 41.2 Å². The molecule has 9 heteroatoms. The maximum absolute atomic E-state index is 13.0. The van der Waals surface area contributed by atoms with Crippen molar-refractivity contribution in [2.24, 2.45) is 5.92 Å². The van der Waals surface area contributed by atoms with E-state index in [1.54, 1.807) is 0 Å². The molecular weight excluding hydrogens is 369 g/mol. The van der Waals surface area contributed by atoms with Crippen LogP contribution in [0, 0.1) is 17.2 Å². The van der Waals surface area contributed by atoms with Gasteiger partial charge in [0.05, 0.1) is 12.2 Å². The molecule has 1 aromatic heterocycles. The molecule has 1 heterocycles. The van der Waals surface area contributed by atoms with Crippen LogP contribution in [0.3, 0.4) is 0 Å². The number of nitrogens with zero attached hydrogens (tertiary/aromatic N) is 2. The number of carboxylic acid groups (broad SMARTS) is 1. The van der Waals surface area contributed by atoms with E-state index in [1.165, 1.54) is 18.2 Å². The summed E-state index contributed by atoms with van der Waals surface area (Å²) in [6.45, 7) is 4.46. The number of carboxylic acids is 1. The minimum atomic E-state index is -4.87. The Morgan fingerprint density at radius 2 is 2.12 bits per heavy atom. The zero-order valence-corrected chi connectivity index (χ0v) is 14.7. The highest BCUT2D eigenvalue weighted by molar-refractivity contribution is 7.17. The van der Waals surface area contributed by atoms with Gasteiger partial charge in [-0.05, 0) is 30.5 Å². The van der Waals surface area contributed by atoms with E-state index in [1.807, 2.05) is 19.9 Å². The van der Waals surface area contributed by atoms with Crippen molar-refractivity contribution >= 4 is 17.3 Å². The van der Waals surface area contributed by atoms with Gasteiger partial charge < -0.3 is 9.84 Å². The Labute approximate surface area is 151 Å². The van der Waals surface area contributed by atoms with E-state index in [0.717, 1.165) is 6.42 Å². The summed E-state index contributed by atoms with van der Waals surface area (Å²) in [6.07, 6.45) is -4.09. The molecule has 0 unspecified atom stereocenters. The van der Waals surface area contributed by atoms with Crippen molar-refractivity contribution in [3.63, 3.8) is 0 Å². The van der Waals surface area contributed by atoms with E-state index < -0.39 is 22.7 Å². The van der Waals surface area contributed by atoms with E-state index >= 15 is 0 Å². The molecule has 1 aromatic carbocycles. The quantitative estimate of drug-likeness (QED) is 0.772. The summed E-state index contributed by atoms with van der Waals surface area (Å²) in [5, 5.41) is 18.1. The second kappa shape index (κ2) is 7.74. The third-order valence-electron chi connectivity index (χ3n) is 3.39. The van der Waals surface area contributed by atoms with E-state index in [2.05, 4.69) is 4.98 Å². The minimum Gasteiger partial charge on any atom is -0.492 e. The van der Waals surface area contributed by atoms with Crippen molar-refractivity contribution in [1.82, 2.24) is 4.98 Å². The predicted octanol–water partition coefficient (Wildman–Crippen LogP) is 4.82. The van der Waals surface area contributed by atoms with Gasteiger partial charge in [-0.2, -0.15) is 18.4 Å². The number of hydrogen-bond donors (Lipinski definition) is 1. The number of nitriles is 1. The van der Waals surface area contributed by atoms with Gasteiger partial charge in [0.2, 0.25) is 0 Å². The summed E-state index contributed by atoms with van der Waals surface area (Å²) in [4.78, 5) is 13.6. The largest absolute Gasteiger partial charge is 0.492 e. The third kappa shape index (κ3) is 4.52. The normalized spacial score (nSPS) is 11.4. The number of rotatable bonds is 6. The SMILES string of the molecule is CC(C)CCOc1ccc(-c2nc(C(F)(F)F)c(C(=O)O)s2)cc1C#N. The summed E-state index contributed by atoms with van der Waals surface area (Å²) in [6, 6.07) is 6.20. The van der Waals surface area contributed by atoms with Gasteiger partial charge in [0.1, 0.15) is 21.7 Å². The Balaban J connectivity index is 2.38.